The predicted octanol–water partition coefficient (Wildman–Crippen LogP) is 1.86. The number of likely N-dealkylation sites (tertiary alicyclic amines) is 1. The molecular formula is C13H25ClN2O2. The molecule has 4 nitrogen and oxygen atoms in total. The van der Waals surface area contributed by atoms with Crippen molar-refractivity contribution in [2.75, 3.05) is 32.7 Å². The van der Waals surface area contributed by atoms with E-state index in [4.69, 9.17) is 5.11 Å². The van der Waals surface area contributed by atoms with E-state index in [0.717, 1.165) is 45.4 Å². The van der Waals surface area contributed by atoms with Gasteiger partial charge in [0.25, 0.3) is 0 Å². The first-order valence-corrected chi connectivity index (χ1v) is 6.46. The van der Waals surface area contributed by atoms with Crippen LogP contribution in [-0.2, 0) is 4.79 Å². The van der Waals surface area contributed by atoms with Crippen LogP contribution in [0, 0.1) is 0 Å². The Labute approximate surface area is 116 Å². The van der Waals surface area contributed by atoms with Crippen LogP contribution >= 0.6 is 12.4 Å². The summed E-state index contributed by atoms with van der Waals surface area (Å²) in [4.78, 5) is 15.3. The number of likely N-dealkylation sites (N-methyl/N-ethyl adjacent to an activating group) is 1. The van der Waals surface area contributed by atoms with Crippen LogP contribution in [0.15, 0.2) is 12.7 Å². The van der Waals surface area contributed by atoms with Crippen LogP contribution in [0.5, 0.6) is 0 Å². The molecule has 106 valence electrons. The zero-order chi connectivity index (χ0) is 12.7. The molecule has 0 saturated carbocycles. The van der Waals surface area contributed by atoms with Crippen molar-refractivity contribution in [1.82, 2.24) is 9.80 Å². The first-order chi connectivity index (χ1) is 8.17. The van der Waals surface area contributed by atoms with E-state index in [-0.39, 0.29) is 19.0 Å². The Morgan fingerprint density at radius 2 is 2.11 bits per heavy atom. The molecule has 18 heavy (non-hydrogen) atoms. The molecule has 1 fully saturated rings. The maximum absolute atomic E-state index is 10.8. The van der Waals surface area contributed by atoms with Crippen LogP contribution in [0.25, 0.3) is 0 Å². The summed E-state index contributed by atoms with van der Waals surface area (Å²) in [5.74, 6) is -0.721. The van der Waals surface area contributed by atoms with E-state index in [2.05, 4.69) is 16.4 Å². The van der Waals surface area contributed by atoms with Gasteiger partial charge in [-0.1, -0.05) is 13.0 Å². The van der Waals surface area contributed by atoms with Crippen LogP contribution < -0.4 is 0 Å². The van der Waals surface area contributed by atoms with Gasteiger partial charge in [-0.25, -0.2) is 0 Å². The minimum absolute atomic E-state index is 0. The van der Waals surface area contributed by atoms with Crippen molar-refractivity contribution in [1.29, 1.82) is 0 Å². The molecule has 5 heteroatoms. The van der Waals surface area contributed by atoms with E-state index in [1.807, 2.05) is 13.0 Å². The molecule has 1 aliphatic heterocycles. The van der Waals surface area contributed by atoms with E-state index in [1.54, 1.807) is 0 Å². The van der Waals surface area contributed by atoms with Gasteiger partial charge in [0, 0.05) is 12.6 Å². The highest BCUT2D eigenvalue weighted by Crippen LogP contribution is 2.16. The van der Waals surface area contributed by atoms with Gasteiger partial charge in [0.2, 0.25) is 0 Å². The second kappa shape index (κ2) is 9.36. The number of hydrogen-bond acceptors (Lipinski definition) is 3. The van der Waals surface area contributed by atoms with E-state index in [9.17, 15) is 4.79 Å². The molecule has 1 rings (SSSR count). The number of nitrogens with zero attached hydrogens (tertiary/aromatic N) is 2. The summed E-state index contributed by atoms with van der Waals surface area (Å²) >= 11 is 0. The molecule has 0 atom stereocenters. The highest BCUT2D eigenvalue weighted by atomic mass is 35.5. The smallest absolute Gasteiger partial charge is 0.317 e. The number of rotatable bonds is 7. The molecule has 0 aromatic rings. The topological polar surface area (TPSA) is 43.8 Å². The Morgan fingerprint density at radius 1 is 1.50 bits per heavy atom. The molecule has 0 radical (unpaired) electrons. The second-order valence-electron chi connectivity index (χ2n) is 4.61. The van der Waals surface area contributed by atoms with Gasteiger partial charge >= 0.3 is 5.97 Å². The number of aliphatic carboxylic acids is 1. The van der Waals surface area contributed by atoms with Gasteiger partial charge in [0.15, 0.2) is 0 Å². The number of halogens is 1. The van der Waals surface area contributed by atoms with Crippen molar-refractivity contribution < 1.29 is 9.90 Å². The number of carboxylic acids is 1. The minimum atomic E-state index is -0.721. The molecule has 0 bridgehead atoms. The van der Waals surface area contributed by atoms with Crippen molar-refractivity contribution in [3.8, 4) is 0 Å². The fourth-order valence-electron chi connectivity index (χ4n) is 2.45. The van der Waals surface area contributed by atoms with Gasteiger partial charge in [0.05, 0.1) is 6.54 Å². The zero-order valence-corrected chi connectivity index (χ0v) is 12.0. The molecule has 0 aromatic heterocycles. The SMILES string of the molecule is C=CCCN1CCC(N(CC)CC(=O)O)CC1.Cl. The first-order valence-electron chi connectivity index (χ1n) is 6.46. The Kier molecular flexibility index (Phi) is 9.06. The van der Waals surface area contributed by atoms with Crippen LogP contribution in [0.1, 0.15) is 26.2 Å². The van der Waals surface area contributed by atoms with Gasteiger partial charge in [-0.2, -0.15) is 0 Å². The average molecular weight is 277 g/mol. The van der Waals surface area contributed by atoms with E-state index in [1.165, 1.54) is 0 Å². The number of carbonyl (C=O) groups is 1. The van der Waals surface area contributed by atoms with Crippen molar-refractivity contribution in [2.24, 2.45) is 0 Å². The molecular weight excluding hydrogens is 252 g/mol. The molecule has 1 N–H and O–H groups in total. The predicted molar refractivity (Wildman–Crippen MR) is 76.4 cm³/mol. The van der Waals surface area contributed by atoms with Crippen LogP contribution in [0.2, 0.25) is 0 Å². The Balaban J connectivity index is 0.00000289. The quantitative estimate of drug-likeness (QED) is 0.721. The molecule has 1 aliphatic rings. The van der Waals surface area contributed by atoms with E-state index in [0.29, 0.717) is 6.04 Å². The Bertz CT molecular complexity index is 253. The summed E-state index contributed by atoms with van der Waals surface area (Å²) < 4.78 is 0. The largest absolute Gasteiger partial charge is 0.480 e. The highest BCUT2D eigenvalue weighted by Gasteiger charge is 2.24. The third kappa shape index (κ3) is 5.85. The summed E-state index contributed by atoms with van der Waals surface area (Å²) in [5.41, 5.74) is 0. The zero-order valence-electron chi connectivity index (χ0n) is 11.2. The lowest BCUT2D eigenvalue weighted by atomic mass is 10.0. The van der Waals surface area contributed by atoms with Gasteiger partial charge in [0.1, 0.15) is 0 Å². The molecule has 0 unspecified atom stereocenters. The third-order valence-corrected chi connectivity index (χ3v) is 3.47. The average Bonchev–Trinajstić information content (AvgIpc) is 2.34. The fourth-order valence-corrected chi connectivity index (χ4v) is 2.45. The summed E-state index contributed by atoms with van der Waals surface area (Å²) in [6.45, 7) is 10.0. The lowest BCUT2D eigenvalue weighted by Crippen LogP contribution is -2.46. The molecule has 0 spiro atoms. The van der Waals surface area contributed by atoms with Gasteiger partial charge in [-0.15, -0.1) is 19.0 Å². The van der Waals surface area contributed by atoms with Crippen molar-refractivity contribution in [3.05, 3.63) is 12.7 Å². The van der Waals surface area contributed by atoms with Crippen LogP contribution in [0.3, 0.4) is 0 Å². The maximum Gasteiger partial charge on any atom is 0.317 e. The third-order valence-electron chi connectivity index (χ3n) is 3.47. The maximum atomic E-state index is 10.8. The molecule has 1 saturated heterocycles. The van der Waals surface area contributed by atoms with E-state index >= 15 is 0 Å². The van der Waals surface area contributed by atoms with E-state index < -0.39 is 5.97 Å². The Morgan fingerprint density at radius 3 is 2.56 bits per heavy atom. The van der Waals surface area contributed by atoms with Gasteiger partial charge in [-0.3, -0.25) is 9.69 Å². The van der Waals surface area contributed by atoms with Crippen molar-refractivity contribution in [3.63, 3.8) is 0 Å². The number of carboxylic acid groups (broad SMARTS) is 1. The van der Waals surface area contributed by atoms with Crippen LogP contribution in [0.4, 0.5) is 0 Å². The number of hydrogen-bond donors (Lipinski definition) is 1. The second-order valence-corrected chi connectivity index (χ2v) is 4.61. The molecule has 0 amide bonds. The monoisotopic (exact) mass is 276 g/mol. The lowest BCUT2D eigenvalue weighted by Gasteiger charge is -2.37. The molecule has 0 aromatic carbocycles. The van der Waals surface area contributed by atoms with Gasteiger partial charge < -0.3 is 10.0 Å². The summed E-state index contributed by atoms with van der Waals surface area (Å²) in [6.07, 6.45) is 5.16. The number of piperidine rings is 1. The van der Waals surface area contributed by atoms with Gasteiger partial charge in [-0.05, 0) is 38.9 Å². The van der Waals surface area contributed by atoms with Crippen molar-refractivity contribution in [2.45, 2.75) is 32.2 Å². The lowest BCUT2D eigenvalue weighted by molar-refractivity contribution is -0.139. The standard InChI is InChI=1S/C13H24N2O2.ClH/c1-3-5-8-14-9-6-12(7-10-14)15(4-2)11-13(16)17;/h3,12H,1,4-11H2,2H3,(H,16,17);1H. The van der Waals surface area contributed by atoms with Crippen LogP contribution in [-0.4, -0.2) is 59.6 Å². The highest BCUT2D eigenvalue weighted by molar-refractivity contribution is 5.85. The summed E-state index contributed by atoms with van der Waals surface area (Å²) in [5, 5.41) is 8.85. The molecule has 0 aliphatic carbocycles. The summed E-state index contributed by atoms with van der Waals surface area (Å²) in [6, 6.07) is 0.441. The minimum Gasteiger partial charge on any atom is -0.480 e. The normalized spacial score (nSPS) is 17.4. The van der Waals surface area contributed by atoms with Crippen molar-refractivity contribution >= 4 is 18.4 Å². The summed E-state index contributed by atoms with van der Waals surface area (Å²) in [7, 11) is 0. The molecule has 1 heterocycles. The first kappa shape index (κ1) is 17.4. The Hall–Kier alpha value is -0.580. The fraction of sp³-hybridized carbons (Fsp3) is 0.769.